The molecule has 1 aliphatic heterocycles. The van der Waals surface area contributed by atoms with Gasteiger partial charge < -0.3 is 9.42 Å². The summed E-state index contributed by atoms with van der Waals surface area (Å²) in [5, 5.41) is 8.08. The standard InChI is InChI=1S/C14H18N4O2/c1-3-10-9-13(20-16-10)11-5-4-8-18(11)14(19)12-6-7-15-17(12)2/h6-7,9,11H,3-5,8H2,1-2H3/t11-/m1/s1. The summed E-state index contributed by atoms with van der Waals surface area (Å²) in [4.78, 5) is 14.5. The Morgan fingerprint density at radius 3 is 3.05 bits per heavy atom. The molecule has 0 spiro atoms. The predicted molar refractivity (Wildman–Crippen MR) is 72.1 cm³/mol. The molecule has 6 heteroatoms. The molecule has 1 saturated heterocycles. The van der Waals surface area contributed by atoms with Crippen LogP contribution in [0.5, 0.6) is 0 Å². The zero-order valence-electron chi connectivity index (χ0n) is 11.7. The third kappa shape index (κ3) is 2.11. The lowest BCUT2D eigenvalue weighted by atomic mass is 10.1. The molecule has 1 aliphatic rings. The minimum absolute atomic E-state index is 0.00180. The number of carbonyl (C=O) groups is 1. The van der Waals surface area contributed by atoms with Crippen molar-refractivity contribution in [1.82, 2.24) is 19.8 Å². The van der Waals surface area contributed by atoms with E-state index in [4.69, 9.17) is 4.52 Å². The Balaban J connectivity index is 1.85. The second-order valence-corrected chi connectivity index (χ2v) is 5.07. The van der Waals surface area contributed by atoms with Gasteiger partial charge in [-0.15, -0.1) is 0 Å². The molecule has 1 amide bonds. The first kappa shape index (κ1) is 12.9. The van der Waals surface area contributed by atoms with Crippen molar-refractivity contribution in [2.24, 2.45) is 7.05 Å². The highest BCUT2D eigenvalue weighted by atomic mass is 16.5. The van der Waals surface area contributed by atoms with Crippen molar-refractivity contribution in [3.8, 4) is 0 Å². The van der Waals surface area contributed by atoms with Crippen LogP contribution < -0.4 is 0 Å². The van der Waals surface area contributed by atoms with Crippen LogP contribution in [-0.4, -0.2) is 32.3 Å². The van der Waals surface area contributed by atoms with Crippen molar-refractivity contribution in [1.29, 1.82) is 0 Å². The van der Waals surface area contributed by atoms with Crippen molar-refractivity contribution >= 4 is 5.91 Å². The second kappa shape index (κ2) is 5.11. The van der Waals surface area contributed by atoms with Gasteiger partial charge in [0.2, 0.25) is 0 Å². The molecule has 0 bridgehead atoms. The van der Waals surface area contributed by atoms with Crippen LogP contribution >= 0.6 is 0 Å². The average molecular weight is 274 g/mol. The fraction of sp³-hybridized carbons (Fsp3) is 0.500. The maximum absolute atomic E-state index is 12.6. The molecule has 0 aromatic carbocycles. The van der Waals surface area contributed by atoms with Crippen LogP contribution in [0.4, 0.5) is 0 Å². The largest absolute Gasteiger partial charge is 0.359 e. The number of likely N-dealkylation sites (tertiary alicyclic amines) is 1. The van der Waals surface area contributed by atoms with E-state index in [-0.39, 0.29) is 11.9 Å². The van der Waals surface area contributed by atoms with Crippen LogP contribution in [0.2, 0.25) is 0 Å². The third-order valence-electron chi connectivity index (χ3n) is 3.82. The zero-order valence-corrected chi connectivity index (χ0v) is 11.7. The molecule has 6 nitrogen and oxygen atoms in total. The van der Waals surface area contributed by atoms with E-state index in [0.717, 1.165) is 37.3 Å². The summed E-state index contributed by atoms with van der Waals surface area (Å²) in [5.41, 5.74) is 1.53. The summed E-state index contributed by atoms with van der Waals surface area (Å²) in [5.74, 6) is 0.789. The molecule has 106 valence electrons. The number of amides is 1. The summed E-state index contributed by atoms with van der Waals surface area (Å²) < 4.78 is 7.01. The van der Waals surface area contributed by atoms with E-state index in [1.54, 1.807) is 24.0 Å². The van der Waals surface area contributed by atoms with Gasteiger partial charge in [0, 0.05) is 25.9 Å². The minimum Gasteiger partial charge on any atom is -0.359 e. The van der Waals surface area contributed by atoms with E-state index >= 15 is 0 Å². The van der Waals surface area contributed by atoms with Crippen LogP contribution in [0.1, 0.15) is 47.7 Å². The maximum atomic E-state index is 12.6. The Hall–Kier alpha value is -2.11. The van der Waals surface area contributed by atoms with Crippen LogP contribution in [0, 0.1) is 0 Å². The van der Waals surface area contributed by atoms with Crippen molar-refractivity contribution in [2.45, 2.75) is 32.2 Å². The molecule has 2 aromatic rings. The zero-order chi connectivity index (χ0) is 14.1. The van der Waals surface area contributed by atoms with Crippen LogP contribution in [0.25, 0.3) is 0 Å². The molecule has 0 aliphatic carbocycles. The molecule has 1 atom stereocenters. The Labute approximate surface area is 117 Å². The quantitative estimate of drug-likeness (QED) is 0.858. The molecule has 0 radical (unpaired) electrons. The number of aryl methyl sites for hydroxylation is 2. The first-order chi connectivity index (χ1) is 9.70. The Kier molecular flexibility index (Phi) is 3.30. The normalized spacial score (nSPS) is 18.7. The maximum Gasteiger partial charge on any atom is 0.272 e. The van der Waals surface area contributed by atoms with Crippen LogP contribution in [0.15, 0.2) is 22.9 Å². The molecule has 1 fully saturated rings. The summed E-state index contributed by atoms with van der Waals surface area (Å²) in [6, 6.07) is 3.69. The van der Waals surface area contributed by atoms with Gasteiger partial charge in [0.15, 0.2) is 5.76 Å². The van der Waals surface area contributed by atoms with Gasteiger partial charge >= 0.3 is 0 Å². The van der Waals surface area contributed by atoms with Gasteiger partial charge in [0.25, 0.3) is 5.91 Å². The monoisotopic (exact) mass is 274 g/mol. The van der Waals surface area contributed by atoms with Crippen LogP contribution in [-0.2, 0) is 13.5 Å². The van der Waals surface area contributed by atoms with Gasteiger partial charge in [0.05, 0.1) is 11.7 Å². The molecular formula is C14H18N4O2. The number of aromatic nitrogens is 3. The van der Waals surface area contributed by atoms with Gasteiger partial charge in [0.1, 0.15) is 5.69 Å². The molecule has 3 rings (SSSR count). The third-order valence-corrected chi connectivity index (χ3v) is 3.82. The van der Waals surface area contributed by atoms with E-state index in [2.05, 4.69) is 10.3 Å². The predicted octanol–water partition coefficient (Wildman–Crippen LogP) is 1.95. The number of rotatable bonds is 3. The summed E-state index contributed by atoms with van der Waals surface area (Å²) in [6.07, 6.45) is 4.38. The molecule has 0 unspecified atom stereocenters. The Morgan fingerprint density at radius 2 is 2.40 bits per heavy atom. The van der Waals surface area contributed by atoms with E-state index in [1.165, 1.54) is 0 Å². The molecule has 0 N–H and O–H groups in total. The van der Waals surface area contributed by atoms with Crippen molar-refractivity contribution in [2.75, 3.05) is 6.54 Å². The lowest BCUT2D eigenvalue weighted by Crippen LogP contribution is -2.31. The molecule has 3 heterocycles. The van der Waals surface area contributed by atoms with E-state index in [9.17, 15) is 4.79 Å². The fourth-order valence-electron chi connectivity index (χ4n) is 2.69. The van der Waals surface area contributed by atoms with Gasteiger partial charge in [-0.1, -0.05) is 12.1 Å². The summed E-state index contributed by atoms with van der Waals surface area (Å²) in [6.45, 7) is 2.78. The average Bonchev–Trinajstić information content (AvgIpc) is 3.17. The van der Waals surface area contributed by atoms with Crippen molar-refractivity contribution < 1.29 is 9.32 Å². The smallest absolute Gasteiger partial charge is 0.272 e. The molecule has 20 heavy (non-hydrogen) atoms. The highest BCUT2D eigenvalue weighted by Crippen LogP contribution is 2.33. The number of hydrogen-bond donors (Lipinski definition) is 0. The Bertz CT molecular complexity index is 616. The number of hydrogen-bond acceptors (Lipinski definition) is 4. The van der Waals surface area contributed by atoms with Crippen LogP contribution in [0.3, 0.4) is 0 Å². The summed E-state index contributed by atoms with van der Waals surface area (Å²) in [7, 11) is 1.78. The van der Waals surface area contributed by atoms with Gasteiger partial charge in [-0.3, -0.25) is 9.48 Å². The Morgan fingerprint density at radius 1 is 1.55 bits per heavy atom. The van der Waals surface area contributed by atoms with Gasteiger partial charge in [-0.2, -0.15) is 5.10 Å². The highest BCUT2D eigenvalue weighted by Gasteiger charge is 2.34. The van der Waals surface area contributed by atoms with Crippen molar-refractivity contribution in [3.63, 3.8) is 0 Å². The first-order valence-electron chi connectivity index (χ1n) is 6.95. The molecule has 0 saturated carbocycles. The lowest BCUT2D eigenvalue weighted by molar-refractivity contribution is 0.0703. The SMILES string of the molecule is CCc1cc([C@H]2CCCN2C(=O)c2ccnn2C)on1. The van der Waals surface area contributed by atoms with E-state index < -0.39 is 0 Å². The molecule has 2 aromatic heterocycles. The van der Waals surface area contributed by atoms with E-state index in [1.807, 2.05) is 17.9 Å². The number of nitrogens with zero attached hydrogens (tertiary/aromatic N) is 4. The lowest BCUT2D eigenvalue weighted by Gasteiger charge is -2.22. The summed E-state index contributed by atoms with van der Waals surface area (Å²) >= 11 is 0. The topological polar surface area (TPSA) is 64.2 Å². The second-order valence-electron chi connectivity index (χ2n) is 5.07. The molecular weight excluding hydrogens is 256 g/mol. The van der Waals surface area contributed by atoms with Crippen molar-refractivity contribution in [3.05, 3.63) is 35.5 Å². The van der Waals surface area contributed by atoms with Gasteiger partial charge in [-0.05, 0) is 25.3 Å². The minimum atomic E-state index is -0.00907. The highest BCUT2D eigenvalue weighted by molar-refractivity contribution is 5.92. The van der Waals surface area contributed by atoms with Gasteiger partial charge in [-0.25, -0.2) is 0 Å². The number of carbonyl (C=O) groups excluding carboxylic acids is 1. The van der Waals surface area contributed by atoms with E-state index in [0.29, 0.717) is 5.69 Å². The first-order valence-corrected chi connectivity index (χ1v) is 6.95. The fourth-order valence-corrected chi connectivity index (χ4v) is 2.69.